The van der Waals surface area contributed by atoms with Gasteiger partial charge in [0.05, 0.1) is 5.69 Å². The minimum atomic E-state index is -0.360. The molecule has 1 heterocycles. The summed E-state index contributed by atoms with van der Waals surface area (Å²) in [5, 5.41) is 9.70. The second kappa shape index (κ2) is 7.18. The topological polar surface area (TPSA) is 76.0 Å². The summed E-state index contributed by atoms with van der Waals surface area (Å²) in [5.74, 6) is -0.857. The van der Waals surface area contributed by atoms with Gasteiger partial charge in [0.1, 0.15) is 5.82 Å². The quantitative estimate of drug-likeness (QED) is 0.754. The van der Waals surface area contributed by atoms with Crippen LogP contribution in [0.3, 0.4) is 0 Å². The van der Waals surface area contributed by atoms with E-state index in [1.165, 1.54) is 19.1 Å². The van der Waals surface area contributed by atoms with Crippen molar-refractivity contribution in [1.82, 2.24) is 9.78 Å². The van der Waals surface area contributed by atoms with Crippen LogP contribution in [-0.2, 0) is 4.79 Å². The number of amides is 2. The number of anilines is 2. The Morgan fingerprint density at radius 3 is 2.12 bits per heavy atom. The van der Waals surface area contributed by atoms with Crippen molar-refractivity contribution in [1.29, 1.82) is 0 Å². The minimum absolute atomic E-state index is 0.163. The standard InChI is InChI=1S/C19H17FN4O2/c1-12-11-18(23-24(12)17-9-3-14(20)4-10-17)19(26)22-16-7-5-15(6-8-16)21-13(2)25/h3-11H,1-2H3,(H,21,25)(H,22,26). The maximum Gasteiger partial charge on any atom is 0.276 e. The molecule has 0 spiro atoms. The summed E-state index contributed by atoms with van der Waals surface area (Å²) in [6.45, 7) is 3.24. The molecule has 26 heavy (non-hydrogen) atoms. The van der Waals surface area contributed by atoms with Gasteiger partial charge in [-0.2, -0.15) is 5.10 Å². The Balaban J connectivity index is 1.75. The summed E-state index contributed by atoms with van der Waals surface area (Å²) in [6.07, 6.45) is 0. The first-order valence-corrected chi connectivity index (χ1v) is 7.94. The van der Waals surface area contributed by atoms with Gasteiger partial charge in [-0.05, 0) is 61.5 Å². The average molecular weight is 352 g/mol. The second-order valence-electron chi connectivity index (χ2n) is 5.77. The number of nitrogens with one attached hydrogen (secondary N) is 2. The van der Waals surface area contributed by atoms with Crippen LogP contribution in [0.2, 0.25) is 0 Å². The predicted molar refractivity (Wildman–Crippen MR) is 97.0 cm³/mol. The fourth-order valence-electron chi connectivity index (χ4n) is 2.46. The Morgan fingerprint density at radius 2 is 1.54 bits per heavy atom. The number of carbonyl (C=O) groups is 2. The second-order valence-corrected chi connectivity index (χ2v) is 5.77. The van der Waals surface area contributed by atoms with E-state index in [9.17, 15) is 14.0 Å². The average Bonchev–Trinajstić information content (AvgIpc) is 2.99. The van der Waals surface area contributed by atoms with E-state index in [0.29, 0.717) is 17.1 Å². The van der Waals surface area contributed by atoms with Crippen LogP contribution >= 0.6 is 0 Å². The molecule has 0 atom stereocenters. The van der Waals surface area contributed by atoms with Crippen molar-refractivity contribution in [3.63, 3.8) is 0 Å². The maximum atomic E-state index is 13.1. The zero-order valence-electron chi connectivity index (χ0n) is 14.3. The van der Waals surface area contributed by atoms with E-state index < -0.39 is 0 Å². The number of halogens is 1. The van der Waals surface area contributed by atoms with Crippen molar-refractivity contribution in [2.45, 2.75) is 13.8 Å². The number of aryl methyl sites for hydroxylation is 1. The van der Waals surface area contributed by atoms with E-state index in [-0.39, 0.29) is 23.3 Å². The first-order chi connectivity index (χ1) is 12.4. The molecule has 3 aromatic rings. The first kappa shape index (κ1) is 17.3. The molecule has 0 radical (unpaired) electrons. The van der Waals surface area contributed by atoms with Crippen molar-refractivity contribution < 1.29 is 14.0 Å². The largest absolute Gasteiger partial charge is 0.326 e. The lowest BCUT2D eigenvalue weighted by molar-refractivity contribution is -0.114. The van der Waals surface area contributed by atoms with Gasteiger partial charge in [0.15, 0.2) is 5.69 Å². The van der Waals surface area contributed by atoms with E-state index in [1.54, 1.807) is 47.1 Å². The van der Waals surface area contributed by atoms with Crippen LogP contribution in [-0.4, -0.2) is 21.6 Å². The summed E-state index contributed by atoms with van der Waals surface area (Å²) in [7, 11) is 0. The van der Waals surface area contributed by atoms with Gasteiger partial charge in [-0.1, -0.05) is 0 Å². The molecule has 0 bridgehead atoms. The van der Waals surface area contributed by atoms with Crippen molar-refractivity contribution in [2.75, 3.05) is 10.6 Å². The molecule has 2 N–H and O–H groups in total. The summed E-state index contributed by atoms with van der Waals surface area (Å²) < 4.78 is 14.6. The highest BCUT2D eigenvalue weighted by Gasteiger charge is 2.13. The highest BCUT2D eigenvalue weighted by atomic mass is 19.1. The lowest BCUT2D eigenvalue weighted by atomic mass is 10.2. The van der Waals surface area contributed by atoms with Crippen LogP contribution in [0.15, 0.2) is 54.6 Å². The smallest absolute Gasteiger partial charge is 0.276 e. The van der Waals surface area contributed by atoms with Gasteiger partial charge in [-0.15, -0.1) is 0 Å². The fourth-order valence-corrected chi connectivity index (χ4v) is 2.46. The Kier molecular flexibility index (Phi) is 4.79. The van der Waals surface area contributed by atoms with Crippen molar-refractivity contribution in [3.05, 3.63) is 71.8 Å². The van der Waals surface area contributed by atoms with Crippen molar-refractivity contribution >= 4 is 23.2 Å². The molecule has 0 saturated heterocycles. The molecule has 0 aliphatic rings. The van der Waals surface area contributed by atoms with Crippen LogP contribution in [0.25, 0.3) is 5.69 Å². The Morgan fingerprint density at radius 1 is 0.962 bits per heavy atom. The number of rotatable bonds is 4. The van der Waals surface area contributed by atoms with Gasteiger partial charge in [-0.3, -0.25) is 9.59 Å². The van der Waals surface area contributed by atoms with E-state index in [1.807, 2.05) is 6.92 Å². The van der Waals surface area contributed by atoms with Gasteiger partial charge < -0.3 is 10.6 Å². The van der Waals surface area contributed by atoms with Gasteiger partial charge in [-0.25, -0.2) is 9.07 Å². The third kappa shape index (κ3) is 3.94. The normalized spacial score (nSPS) is 10.4. The molecule has 6 nitrogen and oxygen atoms in total. The molecule has 1 aromatic heterocycles. The van der Waals surface area contributed by atoms with Crippen LogP contribution in [0, 0.1) is 12.7 Å². The third-order valence-electron chi connectivity index (χ3n) is 3.65. The third-order valence-corrected chi connectivity index (χ3v) is 3.65. The van der Waals surface area contributed by atoms with Crippen LogP contribution in [0.5, 0.6) is 0 Å². The molecular formula is C19H17FN4O2. The van der Waals surface area contributed by atoms with Gasteiger partial charge in [0.2, 0.25) is 5.91 Å². The van der Waals surface area contributed by atoms with E-state index in [2.05, 4.69) is 15.7 Å². The summed E-state index contributed by atoms with van der Waals surface area (Å²) in [6, 6.07) is 14.3. The molecule has 0 fully saturated rings. The van der Waals surface area contributed by atoms with Gasteiger partial charge in [0, 0.05) is 24.0 Å². The Labute approximate surface area is 149 Å². The Hall–Kier alpha value is -3.48. The molecule has 0 aliphatic heterocycles. The zero-order chi connectivity index (χ0) is 18.7. The first-order valence-electron chi connectivity index (χ1n) is 7.94. The molecule has 0 unspecified atom stereocenters. The summed E-state index contributed by atoms with van der Waals surface area (Å²) in [4.78, 5) is 23.4. The van der Waals surface area contributed by atoms with E-state index in [0.717, 1.165) is 5.69 Å². The van der Waals surface area contributed by atoms with Crippen LogP contribution < -0.4 is 10.6 Å². The molecule has 7 heteroatoms. The van der Waals surface area contributed by atoms with Crippen molar-refractivity contribution in [3.8, 4) is 5.69 Å². The van der Waals surface area contributed by atoms with Crippen molar-refractivity contribution in [2.24, 2.45) is 0 Å². The number of hydrogen-bond acceptors (Lipinski definition) is 3. The molecule has 2 amide bonds. The number of benzene rings is 2. The number of carbonyl (C=O) groups excluding carboxylic acids is 2. The number of nitrogens with zero attached hydrogens (tertiary/aromatic N) is 2. The van der Waals surface area contributed by atoms with Gasteiger partial charge >= 0.3 is 0 Å². The minimum Gasteiger partial charge on any atom is -0.326 e. The van der Waals surface area contributed by atoms with E-state index in [4.69, 9.17) is 0 Å². The van der Waals surface area contributed by atoms with E-state index >= 15 is 0 Å². The maximum absolute atomic E-state index is 13.1. The predicted octanol–water partition coefficient (Wildman–Crippen LogP) is 3.53. The SMILES string of the molecule is CC(=O)Nc1ccc(NC(=O)c2cc(C)n(-c3ccc(F)cc3)n2)cc1. The highest BCUT2D eigenvalue weighted by Crippen LogP contribution is 2.16. The highest BCUT2D eigenvalue weighted by molar-refractivity contribution is 6.03. The number of hydrogen-bond donors (Lipinski definition) is 2. The summed E-state index contributed by atoms with van der Waals surface area (Å²) >= 11 is 0. The lowest BCUT2D eigenvalue weighted by Crippen LogP contribution is -2.13. The molecule has 0 aliphatic carbocycles. The molecule has 3 rings (SSSR count). The monoisotopic (exact) mass is 352 g/mol. The number of aromatic nitrogens is 2. The van der Waals surface area contributed by atoms with Crippen LogP contribution in [0.4, 0.5) is 15.8 Å². The molecular weight excluding hydrogens is 335 g/mol. The summed E-state index contributed by atoms with van der Waals surface area (Å²) in [5.41, 5.74) is 2.90. The fraction of sp³-hybridized carbons (Fsp3) is 0.105. The zero-order valence-corrected chi connectivity index (χ0v) is 14.3. The molecule has 132 valence electrons. The van der Waals surface area contributed by atoms with Crippen LogP contribution in [0.1, 0.15) is 23.1 Å². The molecule has 0 saturated carbocycles. The van der Waals surface area contributed by atoms with Gasteiger partial charge in [0.25, 0.3) is 5.91 Å². The Bertz CT molecular complexity index is 947. The molecule has 2 aromatic carbocycles. The lowest BCUT2D eigenvalue weighted by Gasteiger charge is -2.06.